The third kappa shape index (κ3) is 10.2. The molecular formula is C33H54N6O. The maximum absolute atomic E-state index is 5.51. The maximum atomic E-state index is 5.51. The zero-order valence-corrected chi connectivity index (χ0v) is 26.1. The first-order chi connectivity index (χ1) is 19.3. The molecule has 0 aromatic rings. The highest BCUT2D eigenvalue weighted by Gasteiger charge is 2.24. The number of hydrogen-bond acceptors (Lipinski definition) is 7. The number of guanidine groups is 1. The van der Waals surface area contributed by atoms with E-state index in [1.54, 1.807) is 7.11 Å². The molecule has 222 valence electrons. The molecule has 40 heavy (non-hydrogen) atoms. The summed E-state index contributed by atoms with van der Waals surface area (Å²) in [7, 11) is 5.69. The first kappa shape index (κ1) is 32.1. The van der Waals surface area contributed by atoms with Gasteiger partial charge in [-0.15, -0.1) is 6.58 Å². The Morgan fingerprint density at radius 2 is 1.90 bits per heavy atom. The normalized spacial score (nSPS) is 24.1. The van der Waals surface area contributed by atoms with Crippen LogP contribution in [0.4, 0.5) is 0 Å². The first-order valence-electron chi connectivity index (χ1n) is 15.4. The summed E-state index contributed by atoms with van der Waals surface area (Å²) < 4.78 is 5.51. The molecule has 0 spiro atoms. The number of likely N-dealkylation sites (tertiary alicyclic amines) is 2. The Bertz CT molecular complexity index is 992. The Balaban J connectivity index is 1.75. The Morgan fingerprint density at radius 3 is 2.58 bits per heavy atom. The van der Waals surface area contributed by atoms with Gasteiger partial charge in [0.05, 0.1) is 12.3 Å². The van der Waals surface area contributed by atoms with Crippen molar-refractivity contribution >= 4 is 11.7 Å². The average Bonchev–Trinajstić information content (AvgIpc) is 3.28. The second kappa shape index (κ2) is 16.8. The fourth-order valence-corrected chi connectivity index (χ4v) is 5.54. The lowest BCUT2D eigenvalue weighted by Gasteiger charge is -2.30. The molecular weight excluding hydrogens is 496 g/mol. The summed E-state index contributed by atoms with van der Waals surface area (Å²) in [6.45, 7) is 17.3. The number of allylic oxidation sites excluding steroid dienone is 3. The lowest BCUT2D eigenvalue weighted by atomic mass is 10.00. The van der Waals surface area contributed by atoms with Gasteiger partial charge in [0, 0.05) is 64.3 Å². The Labute approximate surface area is 244 Å². The highest BCUT2D eigenvalue weighted by molar-refractivity contribution is 6.07. The minimum Gasteiger partial charge on any atom is -0.379 e. The van der Waals surface area contributed by atoms with Crippen LogP contribution < -0.4 is 5.32 Å². The number of piperidine rings is 1. The largest absolute Gasteiger partial charge is 0.379 e. The summed E-state index contributed by atoms with van der Waals surface area (Å²) in [5, 5.41) is 3.77. The van der Waals surface area contributed by atoms with Crippen LogP contribution in [-0.2, 0) is 4.74 Å². The van der Waals surface area contributed by atoms with Gasteiger partial charge in [-0.25, -0.2) is 4.99 Å². The van der Waals surface area contributed by atoms with E-state index in [0.29, 0.717) is 30.6 Å². The second-order valence-corrected chi connectivity index (χ2v) is 12.0. The molecule has 7 heteroatoms. The lowest BCUT2D eigenvalue weighted by molar-refractivity contribution is 0.174. The van der Waals surface area contributed by atoms with E-state index in [-0.39, 0.29) is 5.92 Å². The molecule has 3 unspecified atom stereocenters. The van der Waals surface area contributed by atoms with Gasteiger partial charge in [0.2, 0.25) is 5.96 Å². The average molecular weight is 551 g/mol. The van der Waals surface area contributed by atoms with Crippen molar-refractivity contribution < 1.29 is 4.74 Å². The molecule has 3 aliphatic rings. The van der Waals surface area contributed by atoms with Gasteiger partial charge in [-0.3, -0.25) is 0 Å². The van der Waals surface area contributed by atoms with Crippen LogP contribution in [0.2, 0.25) is 0 Å². The van der Waals surface area contributed by atoms with E-state index in [9.17, 15) is 0 Å². The SMILES string of the molecule is C=CC1C=C(NC2CCCN(C(C)C(C)C)CC2)N=C(N(C)C)N=C1/C=C(/C#CCCN1CCCCC1)COC. The third-order valence-corrected chi connectivity index (χ3v) is 8.31. The molecule has 3 heterocycles. The molecule has 1 N–H and O–H groups in total. The highest BCUT2D eigenvalue weighted by atomic mass is 16.5. The molecule has 2 saturated heterocycles. The molecule has 3 atom stereocenters. The van der Waals surface area contributed by atoms with E-state index >= 15 is 0 Å². The zero-order valence-electron chi connectivity index (χ0n) is 26.1. The Hall–Kier alpha value is -2.40. The second-order valence-electron chi connectivity index (χ2n) is 12.0. The molecule has 0 amide bonds. The van der Waals surface area contributed by atoms with E-state index < -0.39 is 0 Å². The fraction of sp³-hybridized carbons (Fsp3) is 0.697. The van der Waals surface area contributed by atoms with Crippen molar-refractivity contribution in [1.29, 1.82) is 0 Å². The predicted molar refractivity (Wildman–Crippen MR) is 170 cm³/mol. The van der Waals surface area contributed by atoms with Gasteiger partial charge < -0.3 is 24.8 Å². The van der Waals surface area contributed by atoms with Gasteiger partial charge in [0.1, 0.15) is 5.82 Å². The van der Waals surface area contributed by atoms with Crippen molar-refractivity contribution in [2.24, 2.45) is 21.8 Å². The molecule has 3 rings (SSSR count). The zero-order chi connectivity index (χ0) is 28.9. The Morgan fingerprint density at radius 1 is 1.12 bits per heavy atom. The number of aliphatic imine (C=N–C) groups is 2. The smallest absolute Gasteiger partial charge is 0.227 e. The van der Waals surface area contributed by atoms with Crippen LogP contribution in [0.1, 0.15) is 65.7 Å². The summed E-state index contributed by atoms with van der Waals surface area (Å²) in [5.41, 5.74) is 1.81. The molecule has 3 aliphatic heterocycles. The molecule has 0 aromatic heterocycles. The number of rotatable bonds is 10. The number of methoxy groups -OCH3 is 1. The fourth-order valence-electron chi connectivity index (χ4n) is 5.54. The highest BCUT2D eigenvalue weighted by Crippen LogP contribution is 2.21. The van der Waals surface area contributed by atoms with Crippen molar-refractivity contribution in [3.63, 3.8) is 0 Å². The first-order valence-corrected chi connectivity index (χ1v) is 15.4. The van der Waals surface area contributed by atoms with E-state index in [1.807, 2.05) is 25.1 Å². The van der Waals surface area contributed by atoms with Crippen molar-refractivity contribution in [3.05, 3.63) is 36.2 Å². The van der Waals surface area contributed by atoms with Crippen LogP contribution in [0.5, 0.6) is 0 Å². The standard InChI is InChI=1S/C33H54N6O/c1-8-29-24-32(34-30-16-14-21-39(22-17-30)27(4)26(2)3)36-33(37(5)6)35-31(29)23-28(25-40-7)15-10-13-20-38-18-11-9-12-19-38/h8,23-24,26-27,29-30,34H,1,9,11-14,16-22,25H2,2-7H3/b28-23-. The van der Waals surface area contributed by atoms with Crippen LogP contribution in [-0.4, -0.2) is 99.0 Å². The van der Waals surface area contributed by atoms with E-state index in [0.717, 1.165) is 56.0 Å². The van der Waals surface area contributed by atoms with Crippen LogP contribution in [0.15, 0.2) is 46.2 Å². The van der Waals surface area contributed by atoms with Gasteiger partial charge in [-0.1, -0.05) is 38.2 Å². The summed E-state index contributed by atoms with van der Waals surface area (Å²) >= 11 is 0. The van der Waals surface area contributed by atoms with Crippen molar-refractivity contribution in [2.75, 3.05) is 60.5 Å². The van der Waals surface area contributed by atoms with E-state index in [2.05, 4.69) is 66.5 Å². The molecule has 0 radical (unpaired) electrons. The van der Waals surface area contributed by atoms with Crippen molar-refractivity contribution in [1.82, 2.24) is 20.0 Å². The van der Waals surface area contributed by atoms with E-state index in [1.165, 1.54) is 38.8 Å². The summed E-state index contributed by atoms with van der Waals surface area (Å²) in [4.78, 5) is 17.1. The number of hydrogen-bond donors (Lipinski definition) is 1. The molecule has 0 bridgehead atoms. The van der Waals surface area contributed by atoms with E-state index in [4.69, 9.17) is 14.7 Å². The lowest BCUT2D eigenvalue weighted by Crippen LogP contribution is -2.38. The summed E-state index contributed by atoms with van der Waals surface area (Å²) in [6.07, 6.45) is 14.5. The van der Waals surface area contributed by atoms with Crippen LogP contribution in [0.25, 0.3) is 0 Å². The summed E-state index contributed by atoms with van der Waals surface area (Å²) in [6, 6.07) is 0.997. The topological polar surface area (TPSA) is 55.7 Å². The minimum absolute atomic E-state index is 0.0751. The minimum atomic E-state index is -0.0751. The molecule has 7 nitrogen and oxygen atoms in total. The Kier molecular flexibility index (Phi) is 13.5. The molecule has 0 aromatic carbocycles. The van der Waals surface area contributed by atoms with Crippen LogP contribution >= 0.6 is 0 Å². The number of ether oxygens (including phenoxy) is 1. The number of nitrogens with zero attached hydrogens (tertiary/aromatic N) is 5. The summed E-state index contributed by atoms with van der Waals surface area (Å²) in [5.74, 6) is 8.89. The van der Waals surface area contributed by atoms with Crippen molar-refractivity contribution in [2.45, 2.75) is 77.8 Å². The molecule has 2 fully saturated rings. The van der Waals surface area contributed by atoms with Gasteiger partial charge in [0.15, 0.2) is 0 Å². The monoisotopic (exact) mass is 550 g/mol. The molecule has 0 saturated carbocycles. The van der Waals surface area contributed by atoms with Crippen molar-refractivity contribution in [3.8, 4) is 11.8 Å². The van der Waals surface area contributed by atoms with Crippen LogP contribution in [0.3, 0.4) is 0 Å². The quantitative estimate of drug-likeness (QED) is 0.308. The molecule has 0 aliphatic carbocycles. The van der Waals surface area contributed by atoms with Crippen LogP contribution in [0, 0.1) is 23.7 Å². The van der Waals surface area contributed by atoms with Gasteiger partial charge in [-0.05, 0) is 76.7 Å². The van der Waals surface area contributed by atoms with Gasteiger partial charge in [0.25, 0.3) is 0 Å². The number of nitrogens with one attached hydrogen (secondary N) is 1. The van der Waals surface area contributed by atoms with Gasteiger partial charge >= 0.3 is 0 Å². The predicted octanol–water partition coefficient (Wildman–Crippen LogP) is 4.94. The van der Waals surface area contributed by atoms with Gasteiger partial charge in [-0.2, -0.15) is 4.99 Å². The maximum Gasteiger partial charge on any atom is 0.227 e. The third-order valence-electron chi connectivity index (χ3n) is 8.31.